The summed E-state index contributed by atoms with van der Waals surface area (Å²) in [7, 11) is 0. The number of nitrogens with two attached hydrogens (primary N) is 1. The van der Waals surface area contributed by atoms with Crippen LogP contribution in [0.5, 0.6) is 0 Å². The van der Waals surface area contributed by atoms with E-state index in [0.29, 0.717) is 6.42 Å². The average molecular weight is 223 g/mol. The molecule has 1 aliphatic rings. The van der Waals surface area contributed by atoms with Crippen molar-refractivity contribution in [1.29, 1.82) is 5.26 Å². The minimum Gasteiger partial charge on any atom is -0.352 e. The smallest absolute Gasteiger partial charge is 0.223 e. The van der Waals surface area contributed by atoms with Crippen LogP contribution < -0.4 is 11.1 Å². The van der Waals surface area contributed by atoms with E-state index >= 15 is 0 Å². The molecule has 1 amide bonds. The van der Waals surface area contributed by atoms with Crippen LogP contribution in [0.25, 0.3) is 0 Å². The number of rotatable bonds is 4. The molecule has 3 unspecified atom stereocenters. The predicted molar refractivity (Wildman–Crippen MR) is 62.4 cm³/mol. The molecule has 0 bridgehead atoms. The molecule has 4 nitrogen and oxygen atoms in total. The number of nitrogens with one attached hydrogen (secondary N) is 1. The van der Waals surface area contributed by atoms with Crippen molar-refractivity contribution < 1.29 is 4.79 Å². The van der Waals surface area contributed by atoms with E-state index < -0.39 is 0 Å². The standard InChI is InChI=1S/C12H21N3O/c1-2-11(6-7-13)15-12(16)9-4-3-5-10(14)8-9/h9-11H,2-6,8,14H2,1H3,(H,15,16). The first-order valence-electron chi connectivity index (χ1n) is 6.10. The predicted octanol–water partition coefficient (Wildman–Crippen LogP) is 1.31. The fraction of sp³-hybridized carbons (Fsp3) is 0.833. The molecule has 0 saturated heterocycles. The summed E-state index contributed by atoms with van der Waals surface area (Å²) in [5.74, 6) is 0.133. The van der Waals surface area contributed by atoms with Gasteiger partial charge < -0.3 is 11.1 Å². The van der Waals surface area contributed by atoms with Gasteiger partial charge in [0.05, 0.1) is 12.5 Å². The van der Waals surface area contributed by atoms with Crippen LogP contribution >= 0.6 is 0 Å². The summed E-state index contributed by atoms with van der Waals surface area (Å²) in [4.78, 5) is 11.9. The first-order chi connectivity index (χ1) is 7.67. The Kier molecular flexibility index (Phi) is 5.27. The maximum Gasteiger partial charge on any atom is 0.223 e. The molecule has 1 rings (SSSR count). The number of nitrogens with zero attached hydrogens (tertiary/aromatic N) is 1. The van der Waals surface area contributed by atoms with Gasteiger partial charge >= 0.3 is 0 Å². The Morgan fingerprint density at radius 1 is 1.62 bits per heavy atom. The van der Waals surface area contributed by atoms with Crippen molar-refractivity contribution in [2.45, 2.75) is 57.5 Å². The molecule has 16 heavy (non-hydrogen) atoms. The SMILES string of the molecule is CCC(CC#N)NC(=O)C1CCCC(N)C1. The summed E-state index contributed by atoms with van der Waals surface area (Å²) in [6, 6.07) is 2.26. The molecule has 0 heterocycles. The van der Waals surface area contributed by atoms with Crippen LogP contribution in [0.15, 0.2) is 0 Å². The minimum atomic E-state index is -0.00403. The maximum atomic E-state index is 11.9. The highest BCUT2D eigenvalue weighted by atomic mass is 16.1. The highest BCUT2D eigenvalue weighted by Crippen LogP contribution is 2.23. The number of hydrogen-bond acceptors (Lipinski definition) is 3. The van der Waals surface area contributed by atoms with Crippen molar-refractivity contribution in [1.82, 2.24) is 5.32 Å². The lowest BCUT2D eigenvalue weighted by molar-refractivity contribution is -0.126. The Balaban J connectivity index is 2.41. The van der Waals surface area contributed by atoms with E-state index in [4.69, 9.17) is 11.0 Å². The molecule has 1 fully saturated rings. The number of amides is 1. The van der Waals surface area contributed by atoms with Gasteiger partial charge in [-0.05, 0) is 25.7 Å². The monoisotopic (exact) mass is 223 g/mol. The first-order valence-corrected chi connectivity index (χ1v) is 6.10. The number of hydrogen-bond donors (Lipinski definition) is 2. The molecule has 4 heteroatoms. The highest BCUT2D eigenvalue weighted by Gasteiger charge is 2.26. The van der Waals surface area contributed by atoms with Gasteiger partial charge in [0, 0.05) is 18.0 Å². The molecule has 0 aromatic heterocycles. The topological polar surface area (TPSA) is 78.9 Å². The van der Waals surface area contributed by atoms with Crippen LogP contribution in [0.3, 0.4) is 0 Å². The highest BCUT2D eigenvalue weighted by molar-refractivity contribution is 5.79. The van der Waals surface area contributed by atoms with E-state index in [-0.39, 0.29) is 23.9 Å². The van der Waals surface area contributed by atoms with Gasteiger partial charge in [-0.2, -0.15) is 5.26 Å². The Morgan fingerprint density at radius 3 is 2.94 bits per heavy atom. The molecule has 90 valence electrons. The third kappa shape index (κ3) is 3.82. The molecule has 3 N–H and O–H groups in total. The fourth-order valence-corrected chi connectivity index (χ4v) is 2.19. The number of carbonyl (C=O) groups is 1. The van der Waals surface area contributed by atoms with Crippen molar-refractivity contribution in [3.05, 3.63) is 0 Å². The van der Waals surface area contributed by atoms with Crippen LogP contribution in [0.1, 0.15) is 45.4 Å². The van der Waals surface area contributed by atoms with Crippen molar-refractivity contribution in [2.24, 2.45) is 11.7 Å². The average Bonchev–Trinajstić information content (AvgIpc) is 2.28. The van der Waals surface area contributed by atoms with Crippen molar-refractivity contribution >= 4 is 5.91 Å². The lowest BCUT2D eigenvalue weighted by atomic mass is 9.85. The summed E-state index contributed by atoms with van der Waals surface area (Å²) >= 11 is 0. The van der Waals surface area contributed by atoms with E-state index in [1.54, 1.807) is 0 Å². The number of nitriles is 1. The first kappa shape index (κ1) is 13.0. The second-order valence-corrected chi connectivity index (χ2v) is 4.60. The second-order valence-electron chi connectivity index (χ2n) is 4.60. The summed E-state index contributed by atoms with van der Waals surface area (Å²) in [6.45, 7) is 1.98. The number of carbonyl (C=O) groups excluding carboxylic acids is 1. The van der Waals surface area contributed by atoms with Crippen LogP contribution in [0.2, 0.25) is 0 Å². The molecular formula is C12H21N3O. The molecule has 0 aliphatic heterocycles. The Hall–Kier alpha value is -1.08. The lowest BCUT2D eigenvalue weighted by Gasteiger charge is -2.27. The van der Waals surface area contributed by atoms with Gasteiger partial charge in [0.2, 0.25) is 5.91 Å². The third-order valence-electron chi connectivity index (χ3n) is 3.26. The summed E-state index contributed by atoms with van der Waals surface area (Å²) < 4.78 is 0. The van der Waals surface area contributed by atoms with Gasteiger partial charge in [-0.25, -0.2) is 0 Å². The summed E-state index contributed by atoms with van der Waals surface area (Å²) in [5.41, 5.74) is 5.85. The third-order valence-corrected chi connectivity index (χ3v) is 3.26. The van der Waals surface area contributed by atoms with E-state index in [0.717, 1.165) is 32.1 Å². The maximum absolute atomic E-state index is 11.9. The fourth-order valence-electron chi connectivity index (χ4n) is 2.19. The van der Waals surface area contributed by atoms with Crippen LogP contribution in [0.4, 0.5) is 0 Å². The zero-order valence-electron chi connectivity index (χ0n) is 9.91. The second kappa shape index (κ2) is 6.49. The summed E-state index contributed by atoms with van der Waals surface area (Å²) in [5, 5.41) is 11.6. The molecular weight excluding hydrogens is 202 g/mol. The van der Waals surface area contributed by atoms with E-state index in [1.165, 1.54) is 0 Å². The molecule has 1 saturated carbocycles. The Morgan fingerprint density at radius 2 is 2.38 bits per heavy atom. The molecule has 1 aliphatic carbocycles. The van der Waals surface area contributed by atoms with E-state index in [9.17, 15) is 4.79 Å². The van der Waals surface area contributed by atoms with Gasteiger partial charge in [-0.15, -0.1) is 0 Å². The van der Waals surface area contributed by atoms with Crippen LogP contribution in [0, 0.1) is 17.2 Å². The molecule has 0 spiro atoms. The zero-order chi connectivity index (χ0) is 12.0. The van der Waals surface area contributed by atoms with Crippen LogP contribution in [-0.4, -0.2) is 18.0 Å². The van der Waals surface area contributed by atoms with E-state index in [1.807, 2.05) is 6.92 Å². The Labute approximate surface area is 97.2 Å². The molecule has 3 atom stereocenters. The van der Waals surface area contributed by atoms with Crippen LogP contribution in [-0.2, 0) is 4.79 Å². The van der Waals surface area contributed by atoms with Crippen molar-refractivity contribution in [3.8, 4) is 6.07 Å². The van der Waals surface area contributed by atoms with Gasteiger partial charge in [0.15, 0.2) is 0 Å². The minimum absolute atomic E-state index is 0.00403. The zero-order valence-corrected chi connectivity index (χ0v) is 9.91. The van der Waals surface area contributed by atoms with Crippen molar-refractivity contribution in [3.63, 3.8) is 0 Å². The van der Waals surface area contributed by atoms with Crippen molar-refractivity contribution in [2.75, 3.05) is 0 Å². The summed E-state index contributed by atoms with van der Waals surface area (Å²) in [6.07, 6.45) is 4.98. The normalized spacial score (nSPS) is 26.8. The largest absolute Gasteiger partial charge is 0.352 e. The van der Waals surface area contributed by atoms with Gasteiger partial charge in [-0.3, -0.25) is 4.79 Å². The molecule has 0 aromatic rings. The van der Waals surface area contributed by atoms with Gasteiger partial charge in [0.1, 0.15) is 0 Å². The van der Waals surface area contributed by atoms with Gasteiger partial charge in [-0.1, -0.05) is 13.3 Å². The molecule has 0 aromatic carbocycles. The van der Waals surface area contributed by atoms with Gasteiger partial charge in [0.25, 0.3) is 0 Å². The van der Waals surface area contributed by atoms with E-state index in [2.05, 4.69) is 11.4 Å². The lowest BCUT2D eigenvalue weighted by Crippen LogP contribution is -2.42. The molecule has 0 radical (unpaired) electrons. The quantitative estimate of drug-likeness (QED) is 0.754. The Bertz CT molecular complexity index is 272.